The van der Waals surface area contributed by atoms with Crippen molar-refractivity contribution in [3.05, 3.63) is 64.8 Å². The molecule has 0 saturated carbocycles. The highest BCUT2D eigenvalue weighted by Gasteiger charge is 2.45. The molecule has 0 aliphatic carbocycles. The van der Waals surface area contributed by atoms with Gasteiger partial charge in [-0.25, -0.2) is 22.1 Å². The molecular weight excluding hydrogens is 495 g/mol. The van der Waals surface area contributed by atoms with Crippen molar-refractivity contribution in [1.82, 2.24) is 19.2 Å². The van der Waals surface area contributed by atoms with Crippen LogP contribution >= 0.6 is 11.6 Å². The van der Waals surface area contributed by atoms with Crippen molar-refractivity contribution in [3.8, 4) is 0 Å². The molecule has 2 aliphatic rings. The van der Waals surface area contributed by atoms with E-state index < -0.39 is 21.2 Å². The van der Waals surface area contributed by atoms with E-state index in [4.69, 9.17) is 11.6 Å². The Morgan fingerprint density at radius 3 is 2.54 bits per heavy atom. The number of ketones is 1. The topological polar surface area (TPSA) is 103 Å². The highest BCUT2D eigenvalue weighted by molar-refractivity contribution is 7.89. The van der Waals surface area contributed by atoms with Crippen molar-refractivity contribution in [2.75, 3.05) is 26.2 Å². The smallest absolute Gasteiger partial charge is 0.226 e. The lowest BCUT2D eigenvalue weighted by Crippen LogP contribution is -2.62. The molecule has 35 heavy (non-hydrogen) atoms. The molecule has 11 heteroatoms. The molecule has 1 aromatic carbocycles. The predicted octanol–water partition coefficient (Wildman–Crippen LogP) is 3.03. The fourth-order valence-electron chi connectivity index (χ4n) is 4.46. The molecule has 0 bridgehead atoms. The Kier molecular flexibility index (Phi) is 6.37. The van der Waals surface area contributed by atoms with Gasteiger partial charge < -0.3 is 9.88 Å². The zero-order chi connectivity index (χ0) is 24.7. The summed E-state index contributed by atoms with van der Waals surface area (Å²) < 4.78 is 40.1. The molecule has 2 fully saturated rings. The maximum atomic E-state index is 13.4. The predicted molar refractivity (Wildman–Crippen MR) is 129 cm³/mol. The molecule has 2 saturated heterocycles. The number of aromatic nitrogens is 2. The van der Waals surface area contributed by atoms with E-state index in [9.17, 15) is 22.4 Å². The zero-order valence-electron chi connectivity index (χ0n) is 18.8. The van der Waals surface area contributed by atoms with Crippen LogP contribution in [0.25, 0.3) is 10.9 Å². The van der Waals surface area contributed by atoms with Crippen LogP contribution in [-0.2, 0) is 21.2 Å². The lowest BCUT2D eigenvalue weighted by molar-refractivity contribution is -0.138. The second-order valence-electron chi connectivity index (χ2n) is 9.09. The summed E-state index contributed by atoms with van der Waals surface area (Å²) in [6.07, 6.45) is 2.55. The van der Waals surface area contributed by atoms with Gasteiger partial charge in [0, 0.05) is 43.9 Å². The summed E-state index contributed by atoms with van der Waals surface area (Å²) in [4.78, 5) is 35.0. The number of halogens is 2. The highest BCUT2D eigenvalue weighted by Crippen LogP contribution is 2.28. The molecule has 184 valence electrons. The number of nitrogens with one attached hydrogen (secondary N) is 1. The van der Waals surface area contributed by atoms with Crippen LogP contribution in [0.15, 0.2) is 42.6 Å². The van der Waals surface area contributed by atoms with Crippen molar-refractivity contribution in [2.24, 2.45) is 5.92 Å². The Morgan fingerprint density at radius 2 is 1.89 bits per heavy atom. The maximum Gasteiger partial charge on any atom is 0.226 e. The summed E-state index contributed by atoms with van der Waals surface area (Å²) in [5, 5.41) is 0.428. The molecule has 2 aliphatic heterocycles. The normalized spacial score (nSPS) is 17.7. The van der Waals surface area contributed by atoms with Crippen LogP contribution < -0.4 is 0 Å². The fourth-order valence-corrected chi connectivity index (χ4v) is 6.55. The standard InChI is InChI=1S/C24H24ClFN4O4S/c25-23-11-16-9-20(28-21(16)12-27-23)22(31)10-17(8-15-2-4-18(26)5-3-15)24(32)29-13-19(14-29)35(33,34)30-6-1-7-30/h2-5,9,11-12,17,19,28H,1,6-8,10,13-14H2/t17-/m1/s1. The number of carbonyl (C=O) groups is 2. The Labute approximate surface area is 207 Å². The molecule has 1 amide bonds. The van der Waals surface area contributed by atoms with Gasteiger partial charge in [0.2, 0.25) is 15.9 Å². The summed E-state index contributed by atoms with van der Waals surface area (Å²) in [7, 11) is -3.40. The molecular formula is C24H24ClFN4O4S. The minimum atomic E-state index is -3.40. The Morgan fingerprint density at radius 1 is 1.17 bits per heavy atom. The van der Waals surface area contributed by atoms with Crippen LogP contribution in [0.1, 0.15) is 28.9 Å². The van der Waals surface area contributed by atoms with E-state index in [1.165, 1.54) is 27.5 Å². The van der Waals surface area contributed by atoms with Crippen LogP contribution in [0.3, 0.4) is 0 Å². The molecule has 3 aromatic rings. The third-order valence-corrected chi connectivity index (χ3v) is 9.14. The second-order valence-corrected chi connectivity index (χ2v) is 11.7. The first-order valence-corrected chi connectivity index (χ1v) is 13.3. The monoisotopic (exact) mass is 518 g/mol. The van der Waals surface area contributed by atoms with E-state index in [-0.39, 0.29) is 43.4 Å². The van der Waals surface area contributed by atoms with Gasteiger partial charge in [0.25, 0.3) is 0 Å². The van der Waals surface area contributed by atoms with Crippen LogP contribution in [0.2, 0.25) is 5.15 Å². The number of hydrogen-bond acceptors (Lipinski definition) is 5. The summed E-state index contributed by atoms with van der Waals surface area (Å²) in [6, 6.07) is 9.11. The van der Waals surface area contributed by atoms with Gasteiger partial charge in [-0.1, -0.05) is 23.7 Å². The minimum Gasteiger partial charge on any atom is -0.351 e. The van der Waals surface area contributed by atoms with Crippen molar-refractivity contribution < 1.29 is 22.4 Å². The lowest BCUT2D eigenvalue weighted by atomic mass is 9.91. The number of aromatic amines is 1. The molecule has 1 atom stereocenters. The van der Waals surface area contributed by atoms with Gasteiger partial charge in [-0.2, -0.15) is 0 Å². The minimum absolute atomic E-state index is 0.0791. The molecule has 5 rings (SSSR count). The van der Waals surface area contributed by atoms with E-state index in [1.807, 2.05) is 0 Å². The number of Topliss-reactive ketones (excluding diaryl/α,β-unsaturated/α-hetero) is 1. The largest absolute Gasteiger partial charge is 0.351 e. The van der Waals surface area contributed by atoms with E-state index in [2.05, 4.69) is 9.97 Å². The zero-order valence-corrected chi connectivity index (χ0v) is 20.4. The number of fused-ring (bicyclic) bond motifs is 1. The van der Waals surface area contributed by atoms with Gasteiger partial charge in [-0.05, 0) is 42.7 Å². The number of sulfonamides is 1. The number of hydrogen-bond donors (Lipinski definition) is 1. The second kappa shape index (κ2) is 9.33. The number of nitrogens with zero attached hydrogens (tertiary/aromatic N) is 3. The Bertz CT molecular complexity index is 1380. The number of amides is 1. The third-order valence-electron chi connectivity index (χ3n) is 6.70. The first-order valence-electron chi connectivity index (χ1n) is 11.4. The number of pyridine rings is 1. The van der Waals surface area contributed by atoms with Gasteiger partial charge in [0.05, 0.1) is 17.4 Å². The molecule has 2 aromatic heterocycles. The van der Waals surface area contributed by atoms with E-state index >= 15 is 0 Å². The van der Waals surface area contributed by atoms with E-state index in [1.54, 1.807) is 24.3 Å². The number of carbonyl (C=O) groups excluding carboxylic acids is 2. The summed E-state index contributed by atoms with van der Waals surface area (Å²) >= 11 is 5.94. The Balaban J connectivity index is 1.32. The SMILES string of the molecule is O=C(C[C@@H](Cc1ccc(F)cc1)C(=O)N1CC(S(=O)(=O)N2CCC2)C1)c1cc2cc(Cl)ncc2[nH]1. The average molecular weight is 519 g/mol. The fraction of sp³-hybridized carbons (Fsp3) is 0.375. The number of rotatable bonds is 8. The highest BCUT2D eigenvalue weighted by atomic mass is 35.5. The van der Waals surface area contributed by atoms with Crippen molar-refractivity contribution in [3.63, 3.8) is 0 Å². The van der Waals surface area contributed by atoms with Gasteiger partial charge in [-0.3, -0.25) is 9.59 Å². The summed E-state index contributed by atoms with van der Waals surface area (Å²) in [5.41, 5.74) is 1.71. The molecule has 8 nitrogen and oxygen atoms in total. The first kappa shape index (κ1) is 23.9. The van der Waals surface area contributed by atoms with E-state index in [0.29, 0.717) is 29.5 Å². The van der Waals surface area contributed by atoms with Crippen molar-refractivity contribution >= 4 is 44.2 Å². The lowest BCUT2D eigenvalue weighted by Gasteiger charge is -2.44. The number of benzene rings is 1. The van der Waals surface area contributed by atoms with Gasteiger partial charge in [0.1, 0.15) is 16.2 Å². The van der Waals surface area contributed by atoms with E-state index in [0.717, 1.165) is 17.4 Å². The van der Waals surface area contributed by atoms with Gasteiger partial charge in [-0.15, -0.1) is 0 Å². The molecule has 4 heterocycles. The number of likely N-dealkylation sites (tertiary alicyclic amines) is 1. The number of H-pyrrole nitrogens is 1. The average Bonchev–Trinajstić information content (AvgIpc) is 3.15. The molecule has 0 radical (unpaired) electrons. The van der Waals surface area contributed by atoms with Crippen LogP contribution in [0.5, 0.6) is 0 Å². The Hall–Kier alpha value is -2.82. The summed E-state index contributed by atoms with van der Waals surface area (Å²) in [6.45, 7) is 1.28. The molecule has 0 spiro atoms. The quantitative estimate of drug-likeness (QED) is 0.365. The molecule has 0 unspecified atom stereocenters. The van der Waals surface area contributed by atoms with Gasteiger partial charge in [0.15, 0.2) is 5.78 Å². The van der Waals surface area contributed by atoms with Crippen molar-refractivity contribution in [2.45, 2.75) is 24.5 Å². The summed E-state index contributed by atoms with van der Waals surface area (Å²) in [5.74, 6) is -1.64. The third kappa shape index (κ3) is 4.82. The molecule has 1 N–H and O–H groups in total. The van der Waals surface area contributed by atoms with Crippen LogP contribution in [0.4, 0.5) is 4.39 Å². The van der Waals surface area contributed by atoms with Gasteiger partial charge >= 0.3 is 0 Å². The van der Waals surface area contributed by atoms with Crippen molar-refractivity contribution in [1.29, 1.82) is 0 Å². The first-order chi connectivity index (χ1) is 16.7. The van der Waals surface area contributed by atoms with Crippen LogP contribution in [-0.4, -0.2) is 70.7 Å². The maximum absolute atomic E-state index is 13.4. The van der Waals surface area contributed by atoms with Crippen LogP contribution in [0, 0.1) is 11.7 Å².